The van der Waals surface area contributed by atoms with Crippen LogP contribution in [0.5, 0.6) is 0 Å². The lowest BCUT2D eigenvalue weighted by atomic mass is 10.1. The molecule has 1 atom stereocenters. The summed E-state index contributed by atoms with van der Waals surface area (Å²) in [6.07, 6.45) is -0.264. The molecule has 2 heterocycles. The quantitative estimate of drug-likeness (QED) is 0.578. The van der Waals surface area contributed by atoms with Crippen LogP contribution in [-0.2, 0) is 11.3 Å². The van der Waals surface area contributed by atoms with Gasteiger partial charge in [0.05, 0.1) is 21.9 Å². The number of halogens is 2. The first-order valence-corrected chi connectivity index (χ1v) is 7.99. The first kappa shape index (κ1) is 15.1. The Morgan fingerprint density at radius 3 is 2.68 bits per heavy atom. The molecule has 0 spiro atoms. The minimum Gasteiger partial charge on any atom is -0.444 e. The Kier molecular flexibility index (Phi) is 4.15. The predicted octanol–water partition coefficient (Wildman–Crippen LogP) is 3.56. The topological polar surface area (TPSA) is 47.4 Å². The second-order valence-corrected chi connectivity index (χ2v) is 7.39. The molecule has 0 saturated heterocycles. The van der Waals surface area contributed by atoms with E-state index < -0.39 is 5.60 Å². The monoisotopic (exact) mass is 441 g/mol. The molecule has 0 saturated carbocycles. The number of rotatable bonds is 0. The Labute approximate surface area is 134 Å². The van der Waals surface area contributed by atoms with E-state index in [1.54, 1.807) is 4.90 Å². The van der Waals surface area contributed by atoms with Gasteiger partial charge in [-0.25, -0.2) is 4.79 Å². The lowest BCUT2D eigenvalue weighted by Gasteiger charge is -2.35. The molecular formula is C12H17BrIN3O2. The molecule has 0 unspecified atom stereocenters. The molecule has 19 heavy (non-hydrogen) atoms. The van der Waals surface area contributed by atoms with Gasteiger partial charge in [0, 0.05) is 6.54 Å². The Bertz CT molecular complexity index is 510. The summed E-state index contributed by atoms with van der Waals surface area (Å²) < 4.78 is 9.30. The summed E-state index contributed by atoms with van der Waals surface area (Å²) in [5, 5.41) is 4.42. The molecular weight excluding hydrogens is 425 g/mol. The number of ether oxygens (including phenoxy) is 1. The third-order valence-corrected chi connectivity index (χ3v) is 5.30. The summed E-state index contributed by atoms with van der Waals surface area (Å²) in [6.45, 7) is 8.96. The van der Waals surface area contributed by atoms with Gasteiger partial charge in [0.2, 0.25) is 0 Å². The zero-order valence-electron chi connectivity index (χ0n) is 11.4. The summed E-state index contributed by atoms with van der Waals surface area (Å²) in [7, 11) is 0. The largest absolute Gasteiger partial charge is 0.444 e. The summed E-state index contributed by atoms with van der Waals surface area (Å²) in [5.41, 5.74) is 0.590. The molecule has 1 amide bonds. The number of fused-ring (bicyclic) bond motifs is 1. The fourth-order valence-corrected chi connectivity index (χ4v) is 3.34. The number of hydrogen-bond acceptors (Lipinski definition) is 3. The molecule has 1 aromatic heterocycles. The molecule has 0 aromatic carbocycles. The third-order valence-electron chi connectivity index (χ3n) is 2.94. The van der Waals surface area contributed by atoms with Crippen LogP contribution >= 0.6 is 38.5 Å². The standard InChI is InChI=1S/C12H17BrIN3O2/c1-7-9-8(14)10(13)15-17(9)6-5-16(7)11(18)19-12(2,3)4/h7H,5-6H2,1-4H3/t7-/m1/s1. The Balaban J connectivity index is 2.24. The normalized spacial score (nSPS) is 19.3. The molecule has 106 valence electrons. The SMILES string of the molecule is C[C@@H]1c2c(I)c(Br)nn2CCN1C(=O)OC(C)(C)C. The smallest absolute Gasteiger partial charge is 0.410 e. The second-order valence-electron chi connectivity index (χ2n) is 5.56. The number of aromatic nitrogens is 2. The van der Waals surface area contributed by atoms with Crippen molar-refractivity contribution in [3.05, 3.63) is 13.9 Å². The van der Waals surface area contributed by atoms with Crippen molar-refractivity contribution in [1.29, 1.82) is 0 Å². The minimum atomic E-state index is -0.470. The molecule has 0 N–H and O–H groups in total. The van der Waals surface area contributed by atoms with E-state index in [4.69, 9.17) is 4.74 Å². The van der Waals surface area contributed by atoms with Crippen LogP contribution < -0.4 is 0 Å². The van der Waals surface area contributed by atoms with Crippen LogP contribution in [0.3, 0.4) is 0 Å². The van der Waals surface area contributed by atoms with Gasteiger partial charge in [-0.1, -0.05) is 0 Å². The molecule has 0 bridgehead atoms. The highest BCUT2D eigenvalue weighted by Crippen LogP contribution is 2.33. The highest BCUT2D eigenvalue weighted by molar-refractivity contribution is 14.1. The van der Waals surface area contributed by atoms with Crippen molar-refractivity contribution in [1.82, 2.24) is 14.7 Å². The molecule has 0 fully saturated rings. The summed E-state index contributed by atoms with van der Waals surface area (Å²) in [5.74, 6) is 0. The van der Waals surface area contributed by atoms with Crippen LogP contribution in [-0.4, -0.2) is 32.9 Å². The zero-order valence-corrected chi connectivity index (χ0v) is 15.1. The average Bonchev–Trinajstić information content (AvgIpc) is 2.53. The highest BCUT2D eigenvalue weighted by atomic mass is 127. The zero-order chi connectivity index (χ0) is 14.4. The van der Waals surface area contributed by atoms with Crippen LogP contribution in [0, 0.1) is 3.57 Å². The molecule has 1 aliphatic rings. The number of carbonyl (C=O) groups is 1. The van der Waals surface area contributed by atoms with Crippen LogP contribution in [0.15, 0.2) is 4.60 Å². The van der Waals surface area contributed by atoms with Crippen molar-refractivity contribution in [2.24, 2.45) is 0 Å². The van der Waals surface area contributed by atoms with Crippen LogP contribution in [0.25, 0.3) is 0 Å². The lowest BCUT2D eigenvalue weighted by Crippen LogP contribution is -2.44. The Morgan fingerprint density at radius 1 is 1.47 bits per heavy atom. The first-order valence-electron chi connectivity index (χ1n) is 6.12. The van der Waals surface area contributed by atoms with Crippen molar-refractivity contribution in [3.63, 3.8) is 0 Å². The van der Waals surface area contributed by atoms with E-state index in [2.05, 4.69) is 43.6 Å². The van der Waals surface area contributed by atoms with Crippen molar-refractivity contribution < 1.29 is 9.53 Å². The van der Waals surface area contributed by atoms with Gasteiger partial charge in [-0.3, -0.25) is 9.58 Å². The lowest BCUT2D eigenvalue weighted by molar-refractivity contribution is 0.0119. The molecule has 0 radical (unpaired) electrons. The number of carbonyl (C=O) groups excluding carboxylic acids is 1. The van der Waals surface area contributed by atoms with E-state index in [1.807, 2.05) is 32.4 Å². The number of nitrogens with zero attached hydrogens (tertiary/aromatic N) is 3. The van der Waals surface area contributed by atoms with Gasteiger partial charge in [-0.2, -0.15) is 5.10 Å². The van der Waals surface area contributed by atoms with E-state index >= 15 is 0 Å². The van der Waals surface area contributed by atoms with Gasteiger partial charge in [-0.05, 0) is 66.2 Å². The molecule has 5 nitrogen and oxygen atoms in total. The third kappa shape index (κ3) is 3.07. The van der Waals surface area contributed by atoms with Gasteiger partial charge in [0.25, 0.3) is 0 Å². The van der Waals surface area contributed by atoms with Gasteiger partial charge in [-0.15, -0.1) is 0 Å². The van der Waals surface area contributed by atoms with E-state index in [0.29, 0.717) is 13.1 Å². The first-order chi connectivity index (χ1) is 8.70. The van der Waals surface area contributed by atoms with E-state index in [1.165, 1.54) is 0 Å². The van der Waals surface area contributed by atoms with Gasteiger partial charge >= 0.3 is 6.09 Å². The van der Waals surface area contributed by atoms with Gasteiger partial charge in [0.1, 0.15) is 10.2 Å². The van der Waals surface area contributed by atoms with E-state index in [0.717, 1.165) is 13.9 Å². The molecule has 7 heteroatoms. The van der Waals surface area contributed by atoms with E-state index in [9.17, 15) is 4.79 Å². The molecule has 2 rings (SSSR count). The second kappa shape index (κ2) is 5.23. The van der Waals surface area contributed by atoms with E-state index in [-0.39, 0.29) is 12.1 Å². The summed E-state index contributed by atoms with van der Waals surface area (Å²) in [4.78, 5) is 14.0. The maximum atomic E-state index is 12.2. The van der Waals surface area contributed by atoms with Crippen LogP contribution in [0.2, 0.25) is 0 Å². The maximum absolute atomic E-state index is 12.2. The highest BCUT2D eigenvalue weighted by Gasteiger charge is 2.34. The minimum absolute atomic E-state index is 0.0331. The van der Waals surface area contributed by atoms with Crippen molar-refractivity contribution in [2.45, 2.75) is 45.9 Å². The van der Waals surface area contributed by atoms with Crippen LogP contribution in [0.1, 0.15) is 39.4 Å². The molecule has 0 aliphatic carbocycles. The fourth-order valence-electron chi connectivity index (χ4n) is 2.11. The van der Waals surface area contributed by atoms with Crippen molar-refractivity contribution >= 4 is 44.6 Å². The van der Waals surface area contributed by atoms with Gasteiger partial charge < -0.3 is 4.74 Å². The molecule has 1 aromatic rings. The number of amides is 1. The predicted molar refractivity (Wildman–Crippen MR) is 84.0 cm³/mol. The fraction of sp³-hybridized carbons (Fsp3) is 0.667. The summed E-state index contributed by atoms with van der Waals surface area (Å²) >= 11 is 5.69. The summed E-state index contributed by atoms with van der Waals surface area (Å²) in [6, 6.07) is -0.0331. The van der Waals surface area contributed by atoms with Crippen molar-refractivity contribution in [2.75, 3.05) is 6.54 Å². The maximum Gasteiger partial charge on any atom is 0.410 e. The molecule has 1 aliphatic heterocycles. The number of hydrogen-bond donors (Lipinski definition) is 0. The van der Waals surface area contributed by atoms with Gasteiger partial charge in [0.15, 0.2) is 0 Å². The Morgan fingerprint density at radius 2 is 2.11 bits per heavy atom. The van der Waals surface area contributed by atoms with Crippen molar-refractivity contribution in [3.8, 4) is 0 Å². The average molecular weight is 442 g/mol. The Hall–Kier alpha value is -0.310. The van der Waals surface area contributed by atoms with Crippen LogP contribution in [0.4, 0.5) is 4.79 Å².